The lowest BCUT2D eigenvalue weighted by atomic mass is 9.98. The van der Waals surface area contributed by atoms with Gasteiger partial charge >= 0.3 is 5.97 Å². The molecule has 0 aromatic carbocycles. The fourth-order valence-electron chi connectivity index (χ4n) is 2.49. The number of carboxylic acids is 1. The Hall–Kier alpha value is -1.01. The SMILES string of the molecule is NCC(=O)O.OC[C@H]1O[C@H](O[C@H]2O[C@H](CO)[C@@H](O)[C@H](O)[C@H]2O)[C@H](O)[C@@H](O)[C@@H]1O. The van der Waals surface area contributed by atoms with E-state index in [1.54, 1.807) is 0 Å². The van der Waals surface area contributed by atoms with Gasteiger partial charge in [0.15, 0.2) is 12.6 Å². The van der Waals surface area contributed by atoms with Crippen LogP contribution in [0, 0.1) is 0 Å². The van der Waals surface area contributed by atoms with Gasteiger partial charge in [-0.05, 0) is 0 Å². The summed E-state index contributed by atoms with van der Waals surface area (Å²) >= 11 is 0. The van der Waals surface area contributed by atoms with Crippen LogP contribution >= 0.6 is 0 Å². The molecule has 166 valence electrons. The number of ether oxygens (including phenoxy) is 3. The van der Waals surface area contributed by atoms with Crippen LogP contribution in [0.2, 0.25) is 0 Å². The van der Waals surface area contributed by atoms with E-state index in [1.807, 2.05) is 0 Å². The normalized spacial score (nSPS) is 43.8. The number of aliphatic hydroxyl groups excluding tert-OH is 8. The van der Waals surface area contributed by atoms with Gasteiger partial charge in [0.25, 0.3) is 0 Å². The Morgan fingerprint density at radius 2 is 1.07 bits per heavy atom. The third kappa shape index (κ3) is 5.99. The molecule has 0 amide bonds. The highest BCUT2D eigenvalue weighted by Crippen LogP contribution is 2.27. The van der Waals surface area contributed by atoms with E-state index in [0.29, 0.717) is 0 Å². The standard InChI is InChI=1S/C12H22O11.C2H5NO2/c13-1-3-5(15)7(17)9(19)11(21-3)23-12-10(20)8(18)6(16)4(2-14)22-12;3-1-2(4)5/h3-20H,1-2H2;1,3H2,(H,4,5)/t3-,4-,5-,6-,7+,8+,9-,10-,11-,12-;/m1./s1. The van der Waals surface area contributed by atoms with Gasteiger partial charge < -0.3 is 65.9 Å². The average molecular weight is 417 g/mol. The number of carboxylic acid groups (broad SMARTS) is 1. The van der Waals surface area contributed by atoms with Crippen molar-refractivity contribution in [2.45, 2.75) is 61.4 Å². The first kappa shape index (κ1) is 25.0. The van der Waals surface area contributed by atoms with Gasteiger partial charge in [-0.25, -0.2) is 0 Å². The first-order valence-corrected chi connectivity index (χ1v) is 8.27. The molecule has 2 fully saturated rings. The van der Waals surface area contributed by atoms with Crippen molar-refractivity contribution in [1.29, 1.82) is 0 Å². The molecule has 2 saturated heterocycles. The molecule has 2 heterocycles. The Kier molecular flexibility index (Phi) is 10.1. The number of hydrogen-bond acceptors (Lipinski definition) is 13. The molecule has 0 saturated carbocycles. The van der Waals surface area contributed by atoms with Crippen molar-refractivity contribution in [3.63, 3.8) is 0 Å². The highest BCUT2D eigenvalue weighted by Gasteiger charge is 2.49. The van der Waals surface area contributed by atoms with E-state index in [2.05, 4.69) is 5.73 Å². The van der Waals surface area contributed by atoms with E-state index in [0.717, 1.165) is 0 Å². The Bertz CT molecular complexity index is 444. The number of aliphatic hydroxyl groups is 8. The van der Waals surface area contributed by atoms with Gasteiger partial charge in [-0.15, -0.1) is 0 Å². The van der Waals surface area contributed by atoms with Gasteiger partial charge in [0.1, 0.15) is 48.8 Å². The summed E-state index contributed by atoms with van der Waals surface area (Å²) in [6, 6.07) is 0. The molecule has 2 aliphatic rings. The average Bonchev–Trinajstić information content (AvgIpc) is 2.68. The lowest BCUT2D eigenvalue weighted by molar-refractivity contribution is -0.376. The van der Waals surface area contributed by atoms with Crippen LogP contribution in [-0.2, 0) is 19.0 Å². The molecule has 0 unspecified atom stereocenters. The van der Waals surface area contributed by atoms with Gasteiger partial charge in [-0.3, -0.25) is 4.79 Å². The number of hydrogen-bond donors (Lipinski definition) is 10. The van der Waals surface area contributed by atoms with Gasteiger partial charge in [0, 0.05) is 0 Å². The van der Waals surface area contributed by atoms with Crippen molar-refractivity contribution in [3.05, 3.63) is 0 Å². The second-order valence-electron chi connectivity index (χ2n) is 6.13. The summed E-state index contributed by atoms with van der Waals surface area (Å²) in [6.07, 6.45) is -15.6. The predicted octanol–water partition coefficient (Wildman–Crippen LogP) is -6.37. The molecule has 2 aliphatic heterocycles. The van der Waals surface area contributed by atoms with E-state index < -0.39 is 80.6 Å². The summed E-state index contributed by atoms with van der Waals surface area (Å²) in [5.41, 5.74) is 4.57. The van der Waals surface area contributed by atoms with Crippen LogP contribution in [0.3, 0.4) is 0 Å². The monoisotopic (exact) mass is 417 g/mol. The summed E-state index contributed by atoms with van der Waals surface area (Å²) in [7, 11) is 0. The minimum atomic E-state index is -1.72. The van der Waals surface area contributed by atoms with Crippen molar-refractivity contribution >= 4 is 5.97 Å². The Balaban J connectivity index is 0.000000696. The fraction of sp³-hybridized carbons (Fsp3) is 0.929. The van der Waals surface area contributed by atoms with Gasteiger partial charge in [-0.2, -0.15) is 0 Å². The van der Waals surface area contributed by atoms with Crippen molar-refractivity contribution in [1.82, 2.24) is 0 Å². The molecule has 0 aromatic rings. The Morgan fingerprint density at radius 1 is 0.750 bits per heavy atom. The minimum Gasteiger partial charge on any atom is -0.480 e. The van der Waals surface area contributed by atoms with E-state index in [-0.39, 0.29) is 6.54 Å². The van der Waals surface area contributed by atoms with Crippen molar-refractivity contribution in [2.24, 2.45) is 5.73 Å². The highest BCUT2D eigenvalue weighted by atomic mass is 16.8. The molecule has 0 bridgehead atoms. The summed E-state index contributed by atoms with van der Waals surface area (Å²) in [4.78, 5) is 9.24. The second-order valence-corrected chi connectivity index (χ2v) is 6.13. The maximum Gasteiger partial charge on any atom is 0.317 e. The summed E-state index contributed by atoms with van der Waals surface area (Å²) in [5.74, 6) is -0.968. The number of nitrogens with two attached hydrogens (primary N) is 1. The largest absolute Gasteiger partial charge is 0.480 e. The fourth-order valence-corrected chi connectivity index (χ4v) is 2.49. The zero-order valence-corrected chi connectivity index (χ0v) is 14.6. The molecule has 0 aromatic heterocycles. The molecule has 10 atom stereocenters. The van der Waals surface area contributed by atoms with Gasteiger partial charge in [0.2, 0.25) is 0 Å². The molecule has 14 nitrogen and oxygen atoms in total. The van der Waals surface area contributed by atoms with E-state index in [9.17, 15) is 35.4 Å². The van der Waals surface area contributed by atoms with Crippen LogP contribution in [0.15, 0.2) is 0 Å². The number of carbonyl (C=O) groups is 1. The first-order chi connectivity index (χ1) is 13.1. The zero-order valence-electron chi connectivity index (χ0n) is 14.6. The quantitative estimate of drug-likeness (QED) is 0.200. The second kappa shape index (κ2) is 11.2. The van der Waals surface area contributed by atoms with Crippen LogP contribution in [0.5, 0.6) is 0 Å². The third-order valence-corrected chi connectivity index (χ3v) is 4.14. The van der Waals surface area contributed by atoms with E-state index in [1.165, 1.54) is 0 Å². The molecule has 14 heteroatoms. The number of rotatable bonds is 5. The lowest BCUT2D eigenvalue weighted by Gasteiger charge is -2.44. The van der Waals surface area contributed by atoms with Crippen molar-refractivity contribution in [3.8, 4) is 0 Å². The lowest BCUT2D eigenvalue weighted by Crippen LogP contribution is -2.63. The molecule has 11 N–H and O–H groups in total. The molecular weight excluding hydrogens is 390 g/mol. The first-order valence-electron chi connectivity index (χ1n) is 8.27. The number of aliphatic carboxylic acids is 1. The van der Waals surface area contributed by atoms with Gasteiger partial charge in [-0.1, -0.05) is 0 Å². The molecule has 0 spiro atoms. The van der Waals surface area contributed by atoms with Crippen molar-refractivity contribution < 1.29 is 65.0 Å². The summed E-state index contributed by atoms with van der Waals surface area (Å²) < 4.78 is 15.3. The van der Waals surface area contributed by atoms with Crippen LogP contribution < -0.4 is 5.73 Å². The third-order valence-electron chi connectivity index (χ3n) is 4.14. The molecule has 0 aliphatic carbocycles. The van der Waals surface area contributed by atoms with Gasteiger partial charge in [0.05, 0.1) is 19.8 Å². The van der Waals surface area contributed by atoms with Crippen LogP contribution in [0.4, 0.5) is 0 Å². The molecule has 0 radical (unpaired) electrons. The maximum absolute atomic E-state index is 9.84. The highest BCUT2D eigenvalue weighted by molar-refractivity contribution is 5.68. The van der Waals surface area contributed by atoms with Crippen LogP contribution in [-0.4, -0.2) is 133 Å². The van der Waals surface area contributed by atoms with Crippen molar-refractivity contribution in [2.75, 3.05) is 19.8 Å². The van der Waals surface area contributed by atoms with Crippen LogP contribution in [0.25, 0.3) is 0 Å². The van der Waals surface area contributed by atoms with Crippen LogP contribution in [0.1, 0.15) is 0 Å². The Morgan fingerprint density at radius 3 is 1.32 bits per heavy atom. The Labute approximate surface area is 158 Å². The van der Waals surface area contributed by atoms with E-state index >= 15 is 0 Å². The smallest absolute Gasteiger partial charge is 0.317 e. The topological polar surface area (TPSA) is 253 Å². The molecule has 28 heavy (non-hydrogen) atoms. The predicted molar refractivity (Wildman–Crippen MR) is 85.3 cm³/mol. The molecule has 2 rings (SSSR count). The maximum atomic E-state index is 9.84. The minimum absolute atomic E-state index is 0.278. The zero-order chi connectivity index (χ0) is 21.6. The summed E-state index contributed by atoms with van der Waals surface area (Å²) in [6.45, 7) is -1.61. The molecular formula is C14H27NO13. The van der Waals surface area contributed by atoms with E-state index in [4.69, 9.17) is 29.5 Å². The summed E-state index contributed by atoms with van der Waals surface area (Å²) in [5, 5.41) is 84.0.